The lowest BCUT2D eigenvalue weighted by Gasteiger charge is -2.21. The van der Waals surface area contributed by atoms with E-state index in [-0.39, 0.29) is 0 Å². The Morgan fingerprint density at radius 2 is 2.00 bits per heavy atom. The first kappa shape index (κ1) is 13.6. The molecule has 0 aliphatic heterocycles. The zero-order chi connectivity index (χ0) is 13.0. The van der Waals surface area contributed by atoms with E-state index in [0.29, 0.717) is 6.04 Å². The fourth-order valence-corrected chi connectivity index (χ4v) is 2.22. The van der Waals surface area contributed by atoms with Crippen molar-refractivity contribution in [3.63, 3.8) is 0 Å². The van der Waals surface area contributed by atoms with Crippen molar-refractivity contribution in [2.75, 3.05) is 20.1 Å². The van der Waals surface area contributed by atoms with E-state index in [4.69, 9.17) is 0 Å². The molecule has 100 valence electrons. The van der Waals surface area contributed by atoms with E-state index in [2.05, 4.69) is 55.4 Å². The highest BCUT2D eigenvalue weighted by molar-refractivity contribution is 5.33. The maximum Gasteiger partial charge on any atom is 0.0208 e. The van der Waals surface area contributed by atoms with Crippen molar-refractivity contribution >= 4 is 0 Å². The molecule has 0 heterocycles. The molecule has 2 heteroatoms. The van der Waals surface area contributed by atoms with E-state index in [1.54, 1.807) is 5.56 Å². The first-order valence-electron chi connectivity index (χ1n) is 7.17. The van der Waals surface area contributed by atoms with Gasteiger partial charge in [-0.1, -0.05) is 24.3 Å². The summed E-state index contributed by atoms with van der Waals surface area (Å²) >= 11 is 0. The minimum atomic E-state index is 0.630. The van der Waals surface area contributed by atoms with Gasteiger partial charge in [-0.3, -0.25) is 0 Å². The van der Waals surface area contributed by atoms with Crippen LogP contribution in [0.5, 0.6) is 0 Å². The molecule has 0 spiro atoms. The van der Waals surface area contributed by atoms with E-state index in [1.807, 2.05) is 0 Å². The van der Waals surface area contributed by atoms with Crippen molar-refractivity contribution < 1.29 is 0 Å². The summed E-state index contributed by atoms with van der Waals surface area (Å²) in [4.78, 5) is 2.37. The molecular formula is C16H26N2. The van der Waals surface area contributed by atoms with Gasteiger partial charge in [0.25, 0.3) is 0 Å². The Kier molecular flexibility index (Phi) is 4.79. The summed E-state index contributed by atoms with van der Waals surface area (Å²) in [6.45, 7) is 7.67. The molecule has 1 aliphatic rings. The van der Waals surface area contributed by atoms with Crippen molar-refractivity contribution in [1.29, 1.82) is 0 Å². The molecule has 1 aromatic carbocycles. The van der Waals surface area contributed by atoms with Gasteiger partial charge in [0, 0.05) is 25.7 Å². The average molecular weight is 246 g/mol. The van der Waals surface area contributed by atoms with Crippen LogP contribution in [0.4, 0.5) is 0 Å². The zero-order valence-electron chi connectivity index (χ0n) is 11.9. The molecule has 2 rings (SSSR count). The zero-order valence-corrected chi connectivity index (χ0v) is 11.9. The third-order valence-electron chi connectivity index (χ3n) is 3.91. The van der Waals surface area contributed by atoms with Gasteiger partial charge in [-0.05, 0) is 50.8 Å². The Labute approximate surface area is 111 Å². The quantitative estimate of drug-likeness (QED) is 0.744. The molecule has 0 bridgehead atoms. The largest absolute Gasteiger partial charge is 0.311 e. The van der Waals surface area contributed by atoms with E-state index in [0.717, 1.165) is 25.6 Å². The summed E-state index contributed by atoms with van der Waals surface area (Å²) in [6.07, 6.45) is 2.76. The summed E-state index contributed by atoms with van der Waals surface area (Å²) < 4.78 is 0. The van der Waals surface area contributed by atoms with Crippen molar-refractivity contribution in [2.45, 2.75) is 45.2 Å². The minimum Gasteiger partial charge on any atom is -0.311 e. The number of benzene rings is 1. The second-order valence-electron chi connectivity index (χ2n) is 5.72. The highest BCUT2D eigenvalue weighted by Gasteiger charge is 2.25. The Morgan fingerprint density at radius 3 is 2.67 bits per heavy atom. The van der Waals surface area contributed by atoms with Gasteiger partial charge in [-0.25, -0.2) is 0 Å². The first-order valence-corrected chi connectivity index (χ1v) is 7.17. The van der Waals surface area contributed by atoms with E-state index in [1.165, 1.54) is 18.4 Å². The minimum absolute atomic E-state index is 0.630. The van der Waals surface area contributed by atoms with E-state index < -0.39 is 0 Å². The summed E-state index contributed by atoms with van der Waals surface area (Å²) in [7, 11) is 2.19. The highest BCUT2D eigenvalue weighted by atomic mass is 15.1. The molecule has 0 radical (unpaired) electrons. The van der Waals surface area contributed by atoms with Crippen LogP contribution in [0.1, 0.15) is 43.7 Å². The molecule has 0 unspecified atom stereocenters. The number of rotatable bonds is 7. The van der Waals surface area contributed by atoms with Crippen molar-refractivity contribution in [3.8, 4) is 0 Å². The van der Waals surface area contributed by atoms with Crippen molar-refractivity contribution in [1.82, 2.24) is 10.2 Å². The van der Waals surface area contributed by atoms with E-state index >= 15 is 0 Å². The van der Waals surface area contributed by atoms with Crippen LogP contribution in [0.2, 0.25) is 0 Å². The maximum absolute atomic E-state index is 3.57. The average Bonchev–Trinajstić information content (AvgIpc) is 3.19. The highest BCUT2D eigenvalue weighted by Crippen LogP contribution is 2.41. The van der Waals surface area contributed by atoms with Gasteiger partial charge in [-0.15, -0.1) is 0 Å². The monoisotopic (exact) mass is 246 g/mol. The van der Waals surface area contributed by atoms with Crippen LogP contribution in [0.15, 0.2) is 24.3 Å². The molecule has 0 amide bonds. The third-order valence-corrected chi connectivity index (χ3v) is 3.91. The molecule has 18 heavy (non-hydrogen) atoms. The molecule has 0 atom stereocenters. The Balaban J connectivity index is 1.76. The van der Waals surface area contributed by atoms with Crippen LogP contribution < -0.4 is 5.32 Å². The fraction of sp³-hybridized carbons (Fsp3) is 0.625. The van der Waals surface area contributed by atoms with Gasteiger partial charge in [-0.2, -0.15) is 0 Å². The van der Waals surface area contributed by atoms with Gasteiger partial charge in [0.15, 0.2) is 0 Å². The number of likely N-dealkylation sites (N-methyl/N-ethyl adjacent to an activating group) is 1. The Bertz CT molecular complexity index is 369. The number of hydrogen-bond donors (Lipinski definition) is 1. The van der Waals surface area contributed by atoms with Crippen LogP contribution in [-0.4, -0.2) is 31.1 Å². The van der Waals surface area contributed by atoms with Gasteiger partial charge >= 0.3 is 0 Å². The normalized spacial score (nSPS) is 15.6. The summed E-state index contributed by atoms with van der Waals surface area (Å²) in [5.41, 5.74) is 3.06. The fourth-order valence-electron chi connectivity index (χ4n) is 2.22. The predicted molar refractivity (Wildman–Crippen MR) is 77.9 cm³/mol. The topological polar surface area (TPSA) is 15.3 Å². The van der Waals surface area contributed by atoms with Gasteiger partial charge in [0.1, 0.15) is 0 Å². The standard InChI is InChI=1S/C16H26N2/c1-13(2)18(3)11-10-17-12-15-6-4-5-7-16(15)14-8-9-14/h4-7,13-14,17H,8-12H2,1-3H3. The number of hydrogen-bond acceptors (Lipinski definition) is 2. The van der Waals surface area contributed by atoms with Crippen molar-refractivity contribution in [2.24, 2.45) is 0 Å². The molecule has 1 aromatic rings. The SMILES string of the molecule is CC(C)N(C)CCNCc1ccccc1C1CC1. The van der Waals surface area contributed by atoms with Crippen LogP contribution in [0.3, 0.4) is 0 Å². The number of nitrogens with one attached hydrogen (secondary N) is 1. The second-order valence-corrected chi connectivity index (χ2v) is 5.72. The van der Waals surface area contributed by atoms with Crippen LogP contribution >= 0.6 is 0 Å². The smallest absolute Gasteiger partial charge is 0.0208 e. The Morgan fingerprint density at radius 1 is 1.28 bits per heavy atom. The first-order chi connectivity index (χ1) is 8.68. The molecule has 1 N–H and O–H groups in total. The van der Waals surface area contributed by atoms with Crippen LogP contribution in [0, 0.1) is 0 Å². The lowest BCUT2D eigenvalue weighted by atomic mass is 10.0. The second kappa shape index (κ2) is 6.35. The summed E-state index contributed by atoms with van der Waals surface area (Å²) in [5, 5.41) is 3.57. The van der Waals surface area contributed by atoms with Crippen molar-refractivity contribution in [3.05, 3.63) is 35.4 Å². The van der Waals surface area contributed by atoms with Gasteiger partial charge in [0.05, 0.1) is 0 Å². The molecule has 1 saturated carbocycles. The molecule has 0 aromatic heterocycles. The maximum atomic E-state index is 3.57. The third kappa shape index (κ3) is 3.82. The van der Waals surface area contributed by atoms with E-state index in [9.17, 15) is 0 Å². The van der Waals surface area contributed by atoms with Gasteiger partial charge in [0.2, 0.25) is 0 Å². The van der Waals surface area contributed by atoms with Crippen LogP contribution in [0.25, 0.3) is 0 Å². The lowest BCUT2D eigenvalue weighted by Crippen LogP contribution is -2.33. The van der Waals surface area contributed by atoms with Crippen LogP contribution in [-0.2, 0) is 6.54 Å². The predicted octanol–water partition coefficient (Wildman–Crippen LogP) is 2.99. The molecule has 0 saturated heterocycles. The van der Waals surface area contributed by atoms with Gasteiger partial charge < -0.3 is 10.2 Å². The molecule has 1 fully saturated rings. The lowest BCUT2D eigenvalue weighted by molar-refractivity contribution is 0.273. The summed E-state index contributed by atoms with van der Waals surface area (Å²) in [5.74, 6) is 0.848. The molecule has 1 aliphatic carbocycles. The molecule has 2 nitrogen and oxygen atoms in total. The Hall–Kier alpha value is -0.860. The molecular weight excluding hydrogens is 220 g/mol. The summed E-state index contributed by atoms with van der Waals surface area (Å²) in [6, 6.07) is 9.53. The number of nitrogens with zero attached hydrogens (tertiary/aromatic N) is 1.